The standard InChI is InChI=1S/C12H19N3OS/c1-10-9-14-12(17-10)11(16)13-5-8-15-6-3-2-4-7-15/h9H,2-8H2,1H3,(H,13,16). The number of nitrogens with zero attached hydrogens (tertiary/aromatic N) is 2. The van der Waals surface area contributed by atoms with Crippen molar-refractivity contribution in [2.45, 2.75) is 26.2 Å². The molecule has 1 N–H and O–H groups in total. The van der Waals surface area contributed by atoms with Gasteiger partial charge in [-0.2, -0.15) is 0 Å². The van der Waals surface area contributed by atoms with Crippen LogP contribution >= 0.6 is 11.3 Å². The number of piperidine rings is 1. The minimum atomic E-state index is -0.0416. The van der Waals surface area contributed by atoms with Gasteiger partial charge < -0.3 is 10.2 Å². The van der Waals surface area contributed by atoms with Gasteiger partial charge in [-0.1, -0.05) is 6.42 Å². The summed E-state index contributed by atoms with van der Waals surface area (Å²) in [5.74, 6) is -0.0416. The van der Waals surface area contributed by atoms with E-state index in [1.807, 2.05) is 6.92 Å². The molecule has 2 rings (SSSR count). The van der Waals surface area contributed by atoms with Crippen molar-refractivity contribution in [2.24, 2.45) is 0 Å². The number of amides is 1. The molecule has 0 atom stereocenters. The fourth-order valence-electron chi connectivity index (χ4n) is 2.05. The lowest BCUT2D eigenvalue weighted by Crippen LogP contribution is -2.37. The summed E-state index contributed by atoms with van der Waals surface area (Å²) in [4.78, 5) is 19.3. The second-order valence-electron chi connectivity index (χ2n) is 4.43. The van der Waals surface area contributed by atoms with Gasteiger partial charge in [-0.15, -0.1) is 11.3 Å². The molecule has 1 aromatic heterocycles. The minimum Gasteiger partial charge on any atom is -0.349 e. The Balaban J connectivity index is 1.69. The van der Waals surface area contributed by atoms with Crippen LogP contribution in [0.4, 0.5) is 0 Å². The number of hydrogen-bond donors (Lipinski definition) is 1. The van der Waals surface area contributed by atoms with E-state index in [0.717, 1.165) is 18.0 Å². The third-order valence-electron chi connectivity index (χ3n) is 2.98. The van der Waals surface area contributed by atoms with Crippen LogP contribution in [0.15, 0.2) is 6.20 Å². The highest BCUT2D eigenvalue weighted by molar-refractivity contribution is 7.13. The summed E-state index contributed by atoms with van der Waals surface area (Å²) in [6.45, 7) is 5.98. The third-order valence-corrected chi connectivity index (χ3v) is 3.89. The highest BCUT2D eigenvalue weighted by Gasteiger charge is 2.12. The Morgan fingerprint density at radius 3 is 2.88 bits per heavy atom. The first kappa shape index (κ1) is 12.5. The predicted molar refractivity (Wildman–Crippen MR) is 69.5 cm³/mol. The maximum absolute atomic E-state index is 11.7. The molecule has 1 aliphatic heterocycles. The smallest absolute Gasteiger partial charge is 0.280 e. The predicted octanol–water partition coefficient (Wildman–Crippen LogP) is 1.67. The molecule has 1 saturated heterocycles. The normalized spacial score (nSPS) is 17.0. The first-order valence-electron chi connectivity index (χ1n) is 6.19. The Morgan fingerprint density at radius 2 is 2.24 bits per heavy atom. The topological polar surface area (TPSA) is 45.2 Å². The molecule has 0 spiro atoms. The number of hydrogen-bond acceptors (Lipinski definition) is 4. The summed E-state index contributed by atoms with van der Waals surface area (Å²) in [7, 11) is 0. The second-order valence-corrected chi connectivity index (χ2v) is 5.67. The van der Waals surface area contributed by atoms with Crippen molar-refractivity contribution >= 4 is 17.2 Å². The van der Waals surface area contributed by atoms with Gasteiger partial charge in [0.15, 0.2) is 5.01 Å². The van der Waals surface area contributed by atoms with Gasteiger partial charge in [0, 0.05) is 24.2 Å². The zero-order valence-electron chi connectivity index (χ0n) is 10.2. The SMILES string of the molecule is Cc1cnc(C(=O)NCCN2CCCCC2)s1. The van der Waals surface area contributed by atoms with E-state index in [-0.39, 0.29) is 5.91 Å². The van der Waals surface area contributed by atoms with Crippen LogP contribution in [0.3, 0.4) is 0 Å². The summed E-state index contributed by atoms with van der Waals surface area (Å²) >= 11 is 1.45. The third kappa shape index (κ3) is 3.78. The van der Waals surface area contributed by atoms with E-state index in [9.17, 15) is 4.79 Å². The monoisotopic (exact) mass is 253 g/mol. The Hall–Kier alpha value is -0.940. The molecule has 0 aliphatic carbocycles. The van der Waals surface area contributed by atoms with Gasteiger partial charge in [-0.3, -0.25) is 4.79 Å². The molecule has 1 aromatic rings. The molecule has 4 nitrogen and oxygen atoms in total. The van der Waals surface area contributed by atoms with E-state index >= 15 is 0 Å². The van der Waals surface area contributed by atoms with Crippen LogP contribution in [-0.4, -0.2) is 42.0 Å². The van der Waals surface area contributed by atoms with E-state index in [1.54, 1.807) is 6.20 Å². The maximum atomic E-state index is 11.7. The highest BCUT2D eigenvalue weighted by Crippen LogP contribution is 2.10. The summed E-state index contributed by atoms with van der Waals surface area (Å²) in [5, 5.41) is 3.50. The average molecular weight is 253 g/mol. The molecule has 0 saturated carbocycles. The van der Waals surface area contributed by atoms with Crippen molar-refractivity contribution in [3.63, 3.8) is 0 Å². The molecule has 0 radical (unpaired) electrons. The van der Waals surface area contributed by atoms with Crippen LogP contribution in [-0.2, 0) is 0 Å². The summed E-state index contributed by atoms with van der Waals surface area (Å²) in [5.41, 5.74) is 0. The van der Waals surface area contributed by atoms with Crippen LogP contribution in [0.2, 0.25) is 0 Å². The van der Waals surface area contributed by atoms with Gasteiger partial charge in [0.05, 0.1) is 0 Å². The Morgan fingerprint density at radius 1 is 1.47 bits per heavy atom. The number of likely N-dealkylation sites (tertiary alicyclic amines) is 1. The van der Waals surface area contributed by atoms with Crippen molar-refractivity contribution in [1.29, 1.82) is 0 Å². The van der Waals surface area contributed by atoms with Gasteiger partial charge in [0.1, 0.15) is 0 Å². The maximum Gasteiger partial charge on any atom is 0.280 e. The molecule has 1 amide bonds. The molecule has 1 aliphatic rings. The Labute approximate surface area is 106 Å². The molecule has 0 bridgehead atoms. The molecular weight excluding hydrogens is 234 g/mol. The van der Waals surface area contributed by atoms with E-state index in [2.05, 4.69) is 15.2 Å². The van der Waals surface area contributed by atoms with E-state index < -0.39 is 0 Å². The zero-order chi connectivity index (χ0) is 12.1. The van der Waals surface area contributed by atoms with Crippen LogP contribution in [0.25, 0.3) is 0 Å². The molecule has 0 unspecified atom stereocenters. The lowest BCUT2D eigenvalue weighted by Gasteiger charge is -2.26. The minimum absolute atomic E-state index is 0.0416. The zero-order valence-corrected chi connectivity index (χ0v) is 11.1. The van der Waals surface area contributed by atoms with Crippen LogP contribution < -0.4 is 5.32 Å². The molecule has 2 heterocycles. The second kappa shape index (κ2) is 6.12. The number of carbonyl (C=O) groups excluding carboxylic acids is 1. The Bertz CT molecular complexity index is 372. The van der Waals surface area contributed by atoms with Crippen molar-refractivity contribution in [3.05, 3.63) is 16.1 Å². The summed E-state index contributed by atoms with van der Waals surface area (Å²) in [6.07, 6.45) is 5.67. The van der Waals surface area contributed by atoms with Gasteiger partial charge in [-0.25, -0.2) is 4.98 Å². The lowest BCUT2D eigenvalue weighted by molar-refractivity contribution is 0.0946. The number of nitrogens with one attached hydrogen (secondary N) is 1. The first-order chi connectivity index (χ1) is 8.25. The molecule has 17 heavy (non-hydrogen) atoms. The fourth-order valence-corrected chi connectivity index (χ4v) is 2.73. The summed E-state index contributed by atoms with van der Waals surface area (Å²) in [6, 6.07) is 0. The van der Waals surface area contributed by atoms with E-state index in [4.69, 9.17) is 0 Å². The van der Waals surface area contributed by atoms with Crippen molar-refractivity contribution < 1.29 is 4.79 Å². The van der Waals surface area contributed by atoms with Gasteiger partial charge >= 0.3 is 0 Å². The highest BCUT2D eigenvalue weighted by atomic mass is 32.1. The number of aromatic nitrogens is 1. The number of thiazole rings is 1. The van der Waals surface area contributed by atoms with Gasteiger partial charge in [0.2, 0.25) is 0 Å². The quantitative estimate of drug-likeness (QED) is 0.887. The number of rotatable bonds is 4. The molecular formula is C12H19N3OS. The van der Waals surface area contributed by atoms with Gasteiger partial charge in [-0.05, 0) is 32.9 Å². The van der Waals surface area contributed by atoms with E-state index in [1.165, 1.54) is 43.7 Å². The molecule has 1 fully saturated rings. The first-order valence-corrected chi connectivity index (χ1v) is 7.00. The van der Waals surface area contributed by atoms with Crippen molar-refractivity contribution in [2.75, 3.05) is 26.2 Å². The number of aryl methyl sites for hydroxylation is 1. The van der Waals surface area contributed by atoms with Crippen molar-refractivity contribution in [1.82, 2.24) is 15.2 Å². The van der Waals surface area contributed by atoms with E-state index in [0.29, 0.717) is 5.01 Å². The largest absolute Gasteiger partial charge is 0.349 e. The van der Waals surface area contributed by atoms with Crippen LogP contribution in [0.1, 0.15) is 33.9 Å². The Kier molecular flexibility index (Phi) is 4.50. The van der Waals surface area contributed by atoms with Crippen LogP contribution in [0, 0.1) is 6.92 Å². The average Bonchev–Trinajstić information content (AvgIpc) is 2.77. The summed E-state index contributed by atoms with van der Waals surface area (Å²) < 4.78 is 0. The van der Waals surface area contributed by atoms with Gasteiger partial charge in [0.25, 0.3) is 5.91 Å². The molecule has 94 valence electrons. The molecule has 5 heteroatoms. The fraction of sp³-hybridized carbons (Fsp3) is 0.667. The lowest BCUT2D eigenvalue weighted by atomic mass is 10.1. The van der Waals surface area contributed by atoms with Crippen LogP contribution in [0.5, 0.6) is 0 Å². The number of carbonyl (C=O) groups is 1. The van der Waals surface area contributed by atoms with Crippen molar-refractivity contribution in [3.8, 4) is 0 Å². The molecule has 0 aromatic carbocycles.